The van der Waals surface area contributed by atoms with E-state index >= 15 is 0 Å². The summed E-state index contributed by atoms with van der Waals surface area (Å²) in [7, 11) is 0. The van der Waals surface area contributed by atoms with Gasteiger partial charge in [0.05, 0.1) is 0 Å². The van der Waals surface area contributed by atoms with Crippen molar-refractivity contribution in [1.82, 2.24) is 0 Å². The Hall–Kier alpha value is -4.26. The molecule has 5 aromatic carbocycles. The molecule has 0 aliphatic heterocycles. The molecule has 0 N–H and O–H groups in total. The number of rotatable bonds is 10. The Morgan fingerprint density at radius 1 is 0.357 bits per heavy atom. The quantitative estimate of drug-likeness (QED) is 0.0928. The lowest BCUT2D eigenvalue weighted by Crippen LogP contribution is -1.86. The highest BCUT2D eigenvalue weighted by Crippen LogP contribution is 2.25. The molecule has 0 aliphatic rings. The fraction of sp³-hybridized carbons (Fsp3) is 0.286. The molecule has 0 spiro atoms. The van der Waals surface area contributed by atoms with Crippen LogP contribution in [-0.2, 0) is 12.8 Å². The van der Waals surface area contributed by atoms with E-state index < -0.39 is 0 Å². The second kappa shape index (κ2) is 15.1. The van der Waals surface area contributed by atoms with Crippen molar-refractivity contribution in [2.75, 3.05) is 0 Å². The van der Waals surface area contributed by atoms with Crippen molar-refractivity contribution < 1.29 is 0 Å². The normalized spacial score (nSPS) is 10.7. The van der Waals surface area contributed by atoms with Gasteiger partial charge in [0.25, 0.3) is 0 Å². The smallest absolute Gasteiger partial charge is 0.0255 e. The van der Waals surface area contributed by atoms with Crippen LogP contribution in [0.5, 0.6) is 0 Å². The summed E-state index contributed by atoms with van der Waals surface area (Å²) in [6.07, 6.45) is 12.7. The first-order valence-corrected chi connectivity index (χ1v) is 15.9. The van der Waals surface area contributed by atoms with Crippen LogP contribution in [0.4, 0.5) is 0 Å². The maximum absolute atomic E-state index is 3.37. The lowest BCUT2D eigenvalue weighted by molar-refractivity contribution is 0.667. The molecule has 5 rings (SSSR count). The molecule has 0 unspecified atom stereocenters. The fourth-order valence-corrected chi connectivity index (χ4v) is 5.46. The maximum Gasteiger partial charge on any atom is 0.0255 e. The van der Waals surface area contributed by atoms with Crippen molar-refractivity contribution in [3.63, 3.8) is 0 Å². The van der Waals surface area contributed by atoms with E-state index in [2.05, 4.69) is 135 Å². The van der Waals surface area contributed by atoms with E-state index in [0.717, 1.165) is 35.1 Å². The Bertz CT molecular complexity index is 1600. The molecular formula is C42H42. The standard InChI is InChI=1S/C42H42/c1-3-5-7-9-11-33-13-17-35(18-14-33)21-23-37-25-27-39-32-42-30-38(26-28-40(42)31-41(39)29-37)24-22-36-19-15-34(16-20-36)12-10-8-6-4-2/h13-20,25-32H,3-12H2,1-2H3. The molecule has 5 aromatic rings. The van der Waals surface area contributed by atoms with Crippen LogP contribution in [0.3, 0.4) is 0 Å². The summed E-state index contributed by atoms with van der Waals surface area (Å²) < 4.78 is 0. The maximum atomic E-state index is 3.37. The van der Waals surface area contributed by atoms with E-state index in [1.807, 2.05) is 0 Å². The van der Waals surface area contributed by atoms with Crippen LogP contribution in [0.1, 0.15) is 98.6 Å². The first-order chi connectivity index (χ1) is 20.7. The van der Waals surface area contributed by atoms with Gasteiger partial charge in [-0.25, -0.2) is 0 Å². The van der Waals surface area contributed by atoms with Crippen molar-refractivity contribution in [3.05, 3.63) is 130 Å². The van der Waals surface area contributed by atoms with Crippen molar-refractivity contribution in [2.45, 2.75) is 78.1 Å². The van der Waals surface area contributed by atoms with E-state index in [-0.39, 0.29) is 0 Å². The minimum absolute atomic E-state index is 1.04. The van der Waals surface area contributed by atoms with Crippen molar-refractivity contribution in [2.24, 2.45) is 0 Å². The molecule has 0 amide bonds. The van der Waals surface area contributed by atoms with Crippen LogP contribution < -0.4 is 0 Å². The SMILES string of the molecule is CCCCCCc1ccc(C#Cc2ccc3cc4cc(C#Cc5ccc(CCCCCC)cc5)ccc4cc3c2)cc1. The predicted molar refractivity (Wildman–Crippen MR) is 182 cm³/mol. The number of fused-ring (bicyclic) bond motifs is 2. The zero-order valence-corrected chi connectivity index (χ0v) is 25.3. The largest absolute Gasteiger partial charge is 0.0654 e. The predicted octanol–water partition coefficient (Wildman–Crippen LogP) is 11.0. The van der Waals surface area contributed by atoms with Gasteiger partial charge in [0.1, 0.15) is 0 Å². The van der Waals surface area contributed by atoms with Gasteiger partial charge in [-0.05, 0) is 119 Å². The monoisotopic (exact) mass is 546 g/mol. The molecule has 0 radical (unpaired) electrons. The number of benzene rings is 5. The molecule has 42 heavy (non-hydrogen) atoms. The van der Waals surface area contributed by atoms with E-state index in [4.69, 9.17) is 0 Å². The Morgan fingerprint density at radius 3 is 1.14 bits per heavy atom. The van der Waals surface area contributed by atoms with Crippen LogP contribution in [0, 0.1) is 23.7 Å². The third-order valence-electron chi connectivity index (χ3n) is 8.04. The van der Waals surface area contributed by atoms with Gasteiger partial charge in [0.15, 0.2) is 0 Å². The van der Waals surface area contributed by atoms with E-state index in [0.29, 0.717) is 0 Å². The molecular weight excluding hydrogens is 504 g/mol. The van der Waals surface area contributed by atoms with Crippen molar-refractivity contribution in [1.29, 1.82) is 0 Å². The average Bonchev–Trinajstić information content (AvgIpc) is 3.03. The summed E-state index contributed by atoms with van der Waals surface area (Å²) in [5.74, 6) is 13.4. The summed E-state index contributed by atoms with van der Waals surface area (Å²) in [4.78, 5) is 0. The molecule has 210 valence electrons. The van der Waals surface area contributed by atoms with Crippen molar-refractivity contribution >= 4 is 21.5 Å². The minimum atomic E-state index is 1.04. The summed E-state index contributed by atoms with van der Waals surface area (Å²) in [5.41, 5.74) is 7.03. The summed E-state index contributed by atoms with van der Waals surface area (Å²) in [5, 5.41) is 4.87. The Kier molecular flexibility index (Phi) is 10.5. The first-order valence-electron chi connectivity index (χ1n) is 15.9. The molecule has 0 atom stereocenters. The fourth-order valence-electron chi connectivity index (χ4n) is 5.46. The van der Waals surface area contributed by atoms with Gasteiger partial charge < -0.3 is 0 Å². The van der Waals surface area contributed by atoms with Gasteiger partial charge in [-0.3, -0.25) is 0 Å². The van der Waals surface area contributed by atoms with Crippen LogP contribution in [0.2, 0.25) is 0 Å². The number of hydrogen-bond donors (Lipinski definition) is 0. The number of aryl methyl sites for hydroxylation is 2. The second-order valence-corrected chi connectivity index (χ2v) is 11.5. The zero-order valence-electron chi connectivity index (χ0n) is 25.3. The van der Waals surface area contributed by atoms with E-state index in [1.54, 1.807) is 0 Å². The van der Waals surface area contributed by atoms with Crippen LogP contribution in [0.25, 0.3) is 21.5 Å². The molecule has 0 aromatic heterocycles. The molecule has 0 nitrogen and oxygen atoms in total. The Morgan fingerprint density at radius 2 is 0.738 bits per heavy atom. The summed E-state index contributed by atoms with van der Waals surface area (Å²) in [6.45, 7) is 4.52. The Labute approximate surface area is 253 Å². The number of hydrogen-bond acceptors (Lipinski definition) is 0. The van der Waals surface area contributed by atoms with Crippen LogP contribution in [0.15, 0.2) is 97.1 Å². The van der Waals surface area contributed by atoms with E-state index in [9.17, 15) is 0 Å². The average molecular weight is 547 g/mol. The minimum Gasteiger partial charge on any atom is -0.0654 e. The highest BCUT2D eigenvalue weighted by Gasteiger charge is 2.01. The van der Waals surface area contributed by atoms with Crippen LogP contribution in [-0.4, -0.2) is 0 Å². The van der Waals surface area contributed by atoms with E-state index in [1.165, 1.54) is 84.0 Å². The molecule has 0 saturated carbocycles. The summed E-state index contributed by atoms with van der Waals surface area (Å²) >= 11 is 0. The highest BCUT2D eigenvalue weighted by molar-refractivity contribution is 5.99. The lowest BCUT2D eigenvalue weighted by atomic mass is 10.00. The molecule has 0 bridgehead atoms. The third-order valence-corrected chi connectivity index (χ3v) is 8.04. The third kappa shape index (κ3) is 8.38. The second-order valence-electron chi connectivity index (χ2n) is 11.5. The van der Waals surface area contributed by atoms with Gasteiger partial charge in [0.2, 0.25) is 0 Å². The highest BCUT2D eigenvalue weighted by atomic mass is 14.1. The summed E-state index contributed by atoms with van der Waals surface area (Å²) in [6, 6.07) is 35.1. The molecule has 0 saturated heterocycles. The molecule has 0 heterocycles. The molecule has 0 fully saturated rings. The topological polar surface area (TPSA) is 0 Å². The van der Waals surface area contributed by atoms with Gasteiger partial charge in [-0.2, -0.15) is 0 Å². The first kappa shape index (κ1) is 29.2. The Balaban J connectivity index is 1.25. The lowest BCUT2D eigenvalue weighted by Gasteiger charge is -2.04. The molecule has 0 aliphatic carbocycles. The number of unbranched alkanes of at least 4 members (excludes halogenated alkanes) is 6. The zero-order chi connectivity index (χ0) is 29.0. The van der Waals surface area contributed by atoms with Crippen LogP contribution >= 0.6 is 0 Å². The van der Waals surface area contributed by atoms with Gasteiger partial charge in [-0.1, -0.05) is 112 Å². The molecule has 0 heteroatoms. The van der Waals surface area contributed by atoms with Gasteiger partial charge in [-0.15, -0.1) is 0 Å². The van der Waals surface area contributed by atoms with Gasteiger partial charge >= 0.3 is 0 Å². The van der Waals surface area contributed by atoms with Crippen molar-refractivity contribution in [3.8, 4) is 23.7 Å². The van der Waals surface area contributed by atoms with Gasteiger partial charge in [0, 0.05) is 22.3 Å².